The summed E-state index contributed by atoms with van der Waals surface area (Å²) in [5.41, 5.74) is 10.1. The Kier molecular flexibility index (Phi) is 8.48. The molecule has 5 aromatic rings. The fourth-order valence-electron chi connectivity index (χ4n) is 8.99. The lowest BCUT2D eigenvalue weighted by Crippen LogP contribution is -2.27. The first-order chi connectivity index (χ1) is 25.5. The summed E-state index contributed by atoms with van der Waals surface area (Å²) in [6.07, 6.45) is 12.0. The molecule has 5 nitrogen and oxygen atoms in total. The number of carbonyl (C=O) groups excluding carboxylic acids is 1. The van der Waals surface area contributed by atoms with Crippen LogP contribution in [0.3, 0.4) is 0 Å². The third-order valence-corrected chi connectivity index (χ3v) is 11.6. The molecule has 0 saturated carbocycles. The van der Waals surface area contributed by atoms with Crippen LogP contribution in [0.15, 0.2) is 144 Å². The highest BCUT2D eigenvalue weighted by Crippen LogP contribution is 2.50. The minimum Gasteiger partial charge on any atom is -0.465 e. The Hall–Kier alpha value is -5.68. The van der Waals surface area contributed by atoms with E-state index in [0.717, 1.165) is 36.2 Å². The van der Waals surface area contributed by atoms with E-state index < -0.39 is 0 Å². The van der Waals surface area contributed by atoms with Gasteiger partial charge in [0, 0.05) is 41.6 Å². The van der Waals surface area contributed by atoms with Crippen molar-refractivity contribution >= 4 is 44.6 Å². The average Bonchev–Trinajstić information content (AvgIpc) is 3.49. The fraction of sp³-hybridized carbons (Fsp3) is 0.250. The second kappa shape index (κ2) is 13.1. The zero-order valence-corrected chi connectivity index (χ0v) is 31.8. The number of methoxy groups -OCH3 is 1. The molecule has 0 amide bonds. The van der Waals surface area contributed by atoms with E-state index in [2.05, 4.69) is 148 Å². The minimum atomic E-state index is -0.365. The van der Waals surface area contributed by atoms with E-state index in [0.29, 0.717) is 11.3 Å². The number of ether oxygens (including phenoxy) is 2. The van der Waals surface area contributed by atoms with Crippen molar-refractivity contribution in [1.82, 2.24) is 0 Å². The maximum Gasteiger partial charge on any atom is 0.337 e. The zero-order chi connectivity index (χ0) is 37.1. The van der Waals surface area contributed by atoms with E-state index in [1.807, 2.05) is 12.1 Å². The molecule has 1 aliphatic carbocycles. The summed E-state index contributed by atoms with van der Waals surface area (Å²) in [4.78, 5) is 14.5. The van der Waals surface area contributed by atoms with Crippen molar-refractivity contribution in [3.8, 4) is 5.75 Å². The van der Waals surface area contributed by atoms with Crippen molar-refractivity contribution in [2.75, 3.05) is 26.1 Å². The maximum atomic E-state index is 12.2. The van der Waals surface area contributed by atoms with Crippen LogP contribution in [0.2, 0.25) is 0 Å². The zero-order valence-electron chi connectivity index (χ0n) is 31.8. The molecule has 53 heavy (non-hydrogen) atoms. The molecule has 0 spiro atoms. The Balaban J connectivity index is 1.21. The van der Waals surface area contributed by atoms with Gasteiger partial charge < -0.3 is 14.4 Å². The number of rotatable bonds is 6. The van der Waals surface area contributed by atoms with E-state index in [4.69, 9.17) is 9.47 Å². The molecular formula is C48H47N2O3+. The summed E-state index contributed by atoms with van der Waals surface area (Å²) in [6, 6.07) is 33.6. The number of esters is 1. The predicted molar refractivity (Wildman–Crippen MR) is 218 cm³/mol. The van der Waals surface area contributed by atoms with Gasteiger partial charge in [0.05, 0.1) is 18.1 Å². The lowest BCUT2D eigenvalue weighted by Gasteiger charge is -2.25. The highest BCUT2D eigenvalue weighted by Gasteiger charge is 2.44. The van der Waals surface area contributed by atoms with E-state index in [1.165, 1.54) is 62.6 Å². The van der Waals surface area contributed by atoms with Crippen LogP contribution in [0, 0.1) is 0 Å². The average molecular weight is 700 g/mol. The highest BCUT2D eigenvalue weighted by atomic mass is 16.5. The van der Waals surface area contributed by atoms with Crippen LogP contribution in [-0.4, -0.2) is 37.5 Å². The van der Waals surface area contributed by atoms with Gasteiger partial charge in [0.1, 0.15) is 18.6 Å². The molecule has 5 aromatic carbocycles. The van der Waals surface area contributed by atoms with Crippen molar-refractivity contribution in [3.63, 3.8) is 0 Å². The number of anilines is 1. The van der Waals surface area contributed by atoms with E-state index in [9.17, 15) is 4.79 Å². The summed E-state index contributed by atoms with van der Waals surface area (Å²) >= 11 is 0. The van der Waals surface area contributed by atoms with Gasteiger partial charge in [0.25, 0.3) is 0 Å². The largest absolute Gasteiger partial charge is 0.465 e. The van der Waals surface area contributed by atoms with Crippen molar-refractivity contribution < 1.29 is 18.8 Å². The van der Waals surface area contributed by atoms with Crippen LogP contribution in [0.1, 0.15) is 68.4 Å². The van der Waals surface area contributed by atoms with Crippen LogP contribution in [0.4, 0.5) is 11.4 Å². The van der Waals surface area contributed by atoms with Crippen molar-refractivity contribution in [2.24, 2.45) is 0 Å². The van der Waals surface area contributed by atoms with Crippen molar-refractivity contribution in [3.05, 3.63) is 161 Å². The van der Waals surface area contributed by atoms with Crippen LogP contribution in [-0.2, 0) is 15.6 Å². The van der Waals surface area contributed by atoms with Crippen LogP contribution in [0.25, 0.3) is 21.5 Å². The first-order valence-electron chi connectivity index (χ1n) is 18.6. The number of carbonyl (C=O) groups is 1. The Bertz CT molecular complexity index is 2470. The molecule has 0 aromatic heterocycles. The second-order valence-corrected chi connectivity index (χ2v) is 15.5. The van der Waals surface area contributed by atoms with Gasteiger partial charge in [-0.3, -0.25) is 0 Å². The van der Waals surface area contributed by atoms with Gasteiger partial charge in [-0.2, -0.15) is 4.58 Å². The molecule has 2 heterocycles. The van der Waals surface area contributed by atoms with E-state index in [-0.39, 0.29) is 16.8 Å². The van der Waals surface area contributed by atoms with E-state index >= 15 is 0 Å². The highest BCUT2D eigenvalue weighted by molar-refractivity contribution is 6.07. The number of allylic oxidation sites excluding steroid dienone is 7. The maximum absolute atomic E-state index is 12.2. The summed E-state index contributed by atoms with van der Waals surface area (Å²) in [7, 11) is 5.75. The summed E-state index contributed by atoms with van der Waals surface area (Å²) < 4.78 is 14.1. The molecule has 3 aliphatic rings. The summed E-state index contributed by atoms with van der Waals surface area (Å²) in [5.74, 6) is 1.19. The van der Waals surface area contributed by atoms with Crippen LogP contribution >= 0.6 is 0 Å². The Morgan fingerprint density at radius 2 is 1.42 bits per heavy atom. The molecule has 8 rings (SSSR count). The SMILES string of the molecule is COC(=O)c1ccc(OC2=C(/C=C/C3=[N+](C)c4ccc5ccccc5c4C3(C)C)CCC/C2=C\C=C2\N(C)c3ccc4ccccc4c3C2(C)C)cc1. The third kappa shape index (κ3) is 5.70. The number of likely N-dealkylation sites (N-methyl/N-ethyl adjacent to an activating group) is 1. The minimum absolute atomic E-state index is 0.192. The predicted octanol–water partition coefficient (Wildman–Crippen LogP) is 11.1. The molecule has 0 fully saturated rings. The molecule has 0 unspecified atom stereocenters. The number of hydrogen-bond acceptors (Lipinski definition) is 4. The van der Waals surface area contributed by atoms with Crippen LogP contribution in [0.5, 0.6) is 5.75 Å². The van der Waals surface area contributed by atoms with Gasteiger partial charge in [-0.25, -0.2) is 4.79 Å². The van der Waals surface area contributed by atoms with Gasteiger partial charge in [-0.05, 0) is 120 Å². The lowest BCUT2D eigenvalue weighted by atomic mass is 9.78. The first kappa shape index (κ1) is 34.4. The summed E-state index contributed by atoms with van der Waals surface area (Å²) in [6.45, 7) is 9.32. The first-order valence-corrected chi connectivity index (χ1v) is 18.6. The molecule has 0 saturated heterocycles. The van der Waals surface area contributed by atoms with Gasteiger partial charge in [0.2, 0.25) is 5.69 Å². The molecule has 0 radical (unpaired) electrons. The third-order valence-electron chi connectivity index (χ3n) is 11.6. The molecule has 0 bridgehead atoms. The lowest BCUT2D eigenvalue weighted by molar-refractivity contribution is -0.401. The van der Waals surface area contributed by atoms with Gasteiger partial charge in [-0.1, -0.05) is 74.5 Å². The van der Waals surface area contributed by atoms with Crippen molar-refractivity contribution in [1.29, 1.82) is 0 Å². The van der Waals surface area contributed by atoms with Gasteiger partial charge in [-0.15, -0.1) is 0 Å². The molecule has 0 atom stereocenters. The molecule has 266 valence electrons. The number of hydrogen-bond donors (Lipinski definition) is 0. The summed E-state index contributed by atoms with van der Waals surface area (Å²) in [5, 5.41) is 5.13. The Morgan fingerprint density at radius 1 is 0.755 bits per heavy atom. The number of fused-ring (bicyclic) bond motifs is 6. The molecule has 0 N–H and O–H groups in total. The molecule has 2 aliphatic heterocycles. The molecular weight excluding hydrogens is 653 g/mol. The Labute approximate surface area is 312 Å². The standard InChI is InChI=1S/C48H47N2O3/c1-47(2)41(49(5)39-27-21-31-13-8-10-17-37(31)43(39)47)29-23-33-15-12-16-34(45(33)53-36-25-19-35(20-26-36)46(51)52-7)24-30-42-48(3,4)44-38-18-11-9-14-32(38)22-28-40(44)50(42)6/h8-11,13-14,17-30H,12,15-16H2,1-7H3/q+1. The second-order valence-electron chi connectivity index (χ2n) is 15.5. The molecule has 5 heteroatoms. The smallest absolute Gasteiger partial charge is 0.337 e. The Morgan fingerprint density at radius 3 is 2.11 bits per heavy atom. The fourth-order valence-corrected chi connectivity index (χ4v) is 8.99. The number of benzene rings is 5. The van der Waals surface area contributed by atoms with E-state index in [1.54, 1.807) is 12.1 Å². The normalized spacial score (nSPS) is 19.2. The topological polar surface area (TPSA) is 41.8 Å². The quantitative estimate of drug-likeness (QED) is 0.131. The van der Waals surface area contributed by atoms with Gasteiger partial charge >= 0.3 is 5.97 Å². The monoisotopic (exact) mass is 699 g/mol. The van der Waals surface area contributed by atoms with Crippen LogP contribution < -0.4 is 9.64 Å². The van der Waals surface area contributed by atoms with Crippen molar-refractivity contribution in [2.45, 2.75) is 57.8 Å². The van der Waals surface area contributed by atoms with Gasteiger partial charge in [0.15, 0.2) is 5.71 Å². The number of nitrogens with zero attached hydrogens (tertiary/aromatic N) is 2.